The zero-order valence-electron chi connectivity index (χ0n) is 21.5. The molecule has 1 aromatic carbocycles. The van der Waals surface area contributed by atoms with E-state index in [0.717, 1.165) is 0 Å². The van der Waals surface area contributed by atoms with Crippen molar-refractivity contribution in [3.63, 3.8) is 0 Å². The Bertz CT molecular complexity index is 629. The largest absolute Gasteiger partial charge is 0.491 e. The summed E-state index contributed by atoms with van der Waals surface area (Å²) in [5, 5.41) is 17.4. The SMILES string of the molecule is O=C(O)c1ccc(OCCOCCOCCOCCOCCOCCOCCOCCOCCO)cc1. The molecule has 214 valence electrons. The van der Waals surface area contributed by atoms with E-state index in [1.54, 1.807) is 12.1 Å². The lowest BCUT2D eigenvalue weighted by atomic mass is 10.2. The monoisotopic (exact) mass is 534 g/mol. The highest BCUT2D eigenvalue weighted by atomic mass is 16.6. The van der Waals surface area contributed by atoms with Gasteiger partial charge in [0.25, 0.3) is 0 Å². The third kappa shape index (κ3) is 21.9. The zero-order valence-corrected chi connectivity index (χ0v) is 21.5. The summed E-state index contributed by atoms with van der Waals surface area (Å²) < 4.78 is 48.3. The summed E-state index contributed by atoms with van der Waals surface area (Å²) in [7, 11) is 0. The molecule has 0 saturated heterocycles. The van der Waals surface area contributed by atoms with Gasteiger partial charge >= 0.3 is 5.97 Å². The Morgan fingerprint density at radius 2 is 0.784 bits per heavy atom. The molecule has 0 aromatic heterocycles. The molecule has 0 spiro atoms. The molecule has 0 amide bonds. The number of aromatic carboxylic acids is 1. The molecular weight excluding hydrogens is 492 g/mol. The van der Waals surface area contributed by atoms with Crippen molar-refractivity contribution in [2.75, 3.05) is 119 Å². The second-order valence-corrected chi connectivity index (χ2v) is 7.30. The van der Waals surface area contributed by atoms with Gasteiger partial charge in [0, 0.05) is 0 Å². The van der Waals surface area contributed by atoms with Gasteiger partial charge in [0.05, 0.1) is 118 Å². The quantitative estimate of drug-likeness (QED) is 0.148. The van der Waals surface area contributed by atoms with E-state index in [1.807, 2.05) is 0 Å². The fourth-order valence-electron chi connectivity index (χ4n) is 2.62. The fraction of sp³-hybridized carbons (Fsp3) is 0.720. The van der Waals surface area contributed by atoms with Crippen LogP contribution in [0.1, 0.15) is 10.4 Å². The summed E-state index contributed by atoms with van der Waals surface area (Å²) in [5.41, 5.74) is 0.220. The maximum Gasteiger partial charge on any atom is 0.335 e. The summed E-state index contributed by atoms with van der Waals surface area (Å²) in [4.78, 5) is 10.8. The normalized spacial score (nSPS) is 11.2. The first-order valence-corrected chi connectivity index (χ1v) is 12.4. The molecule has 0 heterocycles. The number of carboxylic acid groups (broad SMARTS) is 1. The molecular formula is C25H42O12. The van der Waals surface area contributed by atoms with E-state index in [2.05, 4.69) is 0 Å². The van der Waals surface area contributed by atoms with Crippen molar-refractivity contribution >= 4 is 5.97 Å². The van der Waals surface area contributed by atoms with Crippen LogP contribution < -0.4 is 4.74 Å². The molecule has 12 nitrogen and oxygen atoms in total. The van der Waals surface area contributed by atoms with E-state index in [1.165, 1.54) is 12.1 Å². The maximum absolute atomic E-state index is 10.8. The van der Waals surface area contributed by atoms with Crippen LogP contribution in [0.15, 0.2) is 24.3 Å². The van der Waals surface area contributed by atoms with Gasteiger partial charge in [-0.15, -0.1) is 0 Å². The van der Waals surface area contributed by atoms with Crippen molar-refractivity contribution in [1.29, 1.82) is 0 Å². The van der Waals surface area contributed by atoms with Crippen molar-refractivity contribution in [3.05, 3.63) is 29.8 Å². The van der Waals surface area contributed by atoms with Crippen LogP contribution in [0.4, 0.5) is 0 Å². The number of ether oxygens (including phenoxy) is 9. The van der Waals surface area contributed by atoms with Gasteiger partial charge in [-0.05, 0) is 24.3 Å². The van der Waals surface area contributed by atoms with Gasteiger partial charge < -0.3 is 52.8 Å². The minimum atomic E-state index is -0.967. The molecule has 12 heteroatoms. The van der Waals surface area contributed by atoms with E-state index >= 15 is 0 Å². The molecule has 2 N–H and O–H groups in total. The van der Waals surface area contributed by atoms with Crippen molar-refractivity contribution in [1.82, 2.24) is 0 Å². The highest BCUT2D eigenvalue weighted by Crippen LogP contribution is 2.11. The number of aliphatic hydroxyl groups is 1. The summed E-state index contributed by atoms with van der Waals surface area (Å²) in [6.07, 6.45) is 0. The average molecular weight is 535 g/mol. The number of carbonyl (C=O) groups is 1. The van der Waals surface area contributed by atoms with Crippen LogP contribution >= 0.6 is 0 Å². The standard InChI is InChI=1S/C25H42O12/c26-5-6-29-7-8-30-9-10-31-11-12-32-13-14-33-15-16-34-17-18-35-19-20-36-21-22-37-24-3-1-23(2-4-24)25(27)28/h1-4,26H,5-22H2,(H,27,28). The first-order valence-electron chi connectivity index (χ1n) is 12.4. The first kappa shape index (κ1) is 33.2. The Morgan fingerprint density at radius 1 is 0.486 bits per heavy atom. The number of hydrogen-bond acceptors (Lipinski definition) is 11. The van der Waals surface area contributed by atoms with Gasteiger partial charge in [-0.3, -0.25) is 0 Å². The molecule has 0 fully saturated rings. The lowest BCUT2D eigenvalue weighted by Crippen LogP contribution is -2.15. The van der Waals surface area contributed by atoms with E-state index in [0.29, 0.717) is 118 Å². The van der Waals surface area contributed by atoms with E-state index in [4.69, 9.17) is 52.8 Å². The zero-order chi connectivity index (χ0) is 26.7. The Labute approximate surface area is 218 Å². The van der Waals surface area contributed by atoms with Crippen LogP contribution in [0.2, 0.25) is 0 Å². The van der Waals surface area contributed by atoms with E-state index in [9.17, 15) is 4.79 Å². The molecule has 0 atom stereocenters. The number of hydrogen-bond donors (Lipinski definition) is 2. The highest BCUT2D eigenvalue weighted by molar-refractivity contribution is 5.87. The lowest BCUT2D eigenvalue weighted by Gasteiger charge is -2.09. The van der Waals surface area contributed by atoms with Crippen molar-refractivity contribution in [3.8, 4) is 5.75 Å². The molecule has 0 radical (unpaired) electrons. The second-order valence-electron chi connectivity index (χ2n) is 7.30. The predicted molar refractivity (Wildman–Crippen MR) is 133 cm³/mol. The summed E-state index contributed by atoms with van der Waals surface area (Å²) in [5.74, 6) is -0.370. The molecule has 1 aromatic rings. The maximum atomic E-state index is 10.8. The van der Waals surface area contributed by atoms with Gasteiger partial charge in [-0.25, -0.2) is 4.79 Å². The second kappa shape index (κ2) is 25.8. The summed E-state index contributed by atoms with van der Waals surface area (Å²) >= 11 is 0. The van der Waals surface area contributed by atoms with Crippen molar-refractivity contribution < 1.29 is 57.6 Å². The Hall–Kier alpha value is -1.87. The third-order valence-corrected chi connectivity index (χ3v) is 4.44. The molecule has 0 aliphatic rings. The molecule has 37 heavy (non-hydrogen) atoms. The van der Waals surface area contributed by atoms with Gasteiger partial charge in [0.2, 0.25) is 0 Å². The van der Waals surface area contributed by atoms with Gasteiger partial charge in [0.1, 0.15) is 12.4 Å². The van der Waals surface area contributed by atoms with Gasteiger partial charge in [0.15, 0.2) is 0 Å². The third-order valence-electron chi connectivity index (χ3n) is 4.44. The Kier molecular flexibility index (Phi) is 23.1. The van der Waals surface area contributed by atoms with Crippen LogP contribution in [0.25, 0.3) is 0 Å². The van der Waals surface area contributed by atoms with Crippen molar-refractivity contribution in [2.45, 2.75) is 0 Å². The topological polar surface area (TPSA) is 141 Å². The molecule has 0 unspecified atom stereocenters. The molecule has 1 rings (SSSR count). The van der Waals surface area contributed by atoms with Crippen LogP contribution in [0.5, 0.6) is 5.75 Å². The fourth-order valence-corrected chi connectivity index (χ4v) is 2.62. The highest BCUT2D eigenvalue weighted by Gasteiger charge is 2.02. The molecule has 0 aliphatic heterocycles. The Balaban J connectivity index is 1.69. The summed E-state index contributed by atoms with van der Waals surface area (Å²) in [6, 6.07) is 6.22. The number of carboxylic acids is 1. The number of aliphatic hydroxyl groups excluding tert-OH is 1. The average Bonchev–Trinajstić information content (AvgIpc) is 2.91. The minimum absolute atomic E-state index is 0.0208. The van der Waals surface area contributed by atoms with Crippen LogP contribution in [-0.2, 0) is 37.9 Å². The minimum Gasteiger partial charge on any atom is -0.491 e. The molecule has 0 saturated carbocycles. The lowest BCUT2D eigenvalue weighted by molar-refractivity contribution is -0.0242. The smallest absolute Gasteiger partial charge is 0.335 e. The van der Waals surface area contributed by atoms with Crippen LogP contribution in [0, 0.1) is 0 Å². The van der Waals surface area contributed by atoms with Gasteiger partial charge in [-0.1, -0.05) is 0 Å². The van der Waals surface area contributed by atoms with E-state index in [-0.39, 0.29) is 12.2 Å². The van der Waals surface area contributed by atoms with E-state index < -0.39 is 5.97 Å². The van der Waals surface area contributed by atoms with Crippen LogP contribution in [-0.4, -0.2) is 135 Å². The molecule has 0 aliphatic carbocycles. The number of rotatable bonds is 28. The first-order chi connectivity index (χ1) is 18.2. The van der Waals surface area contributed by atoms with Crippen LogP contribution in [0.3, 0.4) is 0 Å². The predicted octanol–water partition coefficient (Wildman–Crippen LogP) is 0.889. The van der Waals surface area contributed by atoms with Gasteiger partial charge in [-0.2, -0.15) is 0 Å². The number of benzene rings is 1. The summed E-state index contributed by atoms with van der Waals surface area (Å²) in [6.45, 7) is 7.88. The molecule has 0 bridgehead atoms. The Morgan fingerprint density at radius 3 is 1.08 bits per heavy atom. The van der Waals surface area contributed by atoms with Crippen molar-refractivity contribution in [2.24, 2.45) is 0 Å².